The van der Waals surface area contributed by atoms with E-state index in [-0.39, 0.29) is 30.6 Å². The Bertz CT molecular complexity index is 789. The zero-order chi connectivity index (χ0) is 18.5. The van der Waals surface area contributed by atoms with Gasteiger partial charge in [-0.1, -0.05) is 23.7 Å². The summed E-state index contributed by atoms with van der Waals surface area (Å²) in [6.45, 7) is 0.622. The van der Waals surface area contributed by atoms with Crippen LogP contribution in [0, 0.1) is 5.92 Å². The second-order valence-electron chi connectivity index (χ2n) is 6.10. The van der Waals surface area contributed by atoms with Crippen molar-refractivity contribution >= 4 is 29.3 Å². The molecule has 1 aromatic heterocycles. The Labute approximate surface area is 155 Å². The molecule has 0 bridgehead atoms. The van der Waals surface area contributed by atoms with Crippen molar-refractivity contribution in [2.45, 2.75) is 19.4 Å². The molecule has 1 saturated heterocycles. The Kier molecular flexibility index (Phi) is 5.58. The quantitative estimate of drug-likeness (QED) is 0.778. The lowest BCUT2D eigenvalue weighted by Crippen LogP contribution is -2.45. The summed E-state index contributed by atoms with van der Waals surface area (Å²) >= 11 is 5.80. The maximum atomic E-state index is 12.2. The number of nitrogens with one attached hydrogen (secondary N) is 2. The van der Waals surface area contributed by atoms with E-state index in [0.29, 0.717) is 23.9 Å². The molecule has 2 heterocycles. The van der Waals surface area contributed by atoms with Crippen LogP contribution in [-0.4, -0.2) is 29.2 Å². The van der Waals surface area contributed by atoms with E-state index in [1.165, 1.54) is 6.26 Å². The first-order valence-electron chi connectivity index (χ1n) is 8.14. The third kappa shape index (κ3) is 4.64. The van der Waals surface area contributed by atoms with Crippen LogP contribution < -0.4 is 10.9 Å². The molecule has 2 aromatic rings. The van der Waals surface area contributed by atoms with Crippen molar-refractivity contribution in [2.24, 2.45) is 5.92 Å². The molecule has 3 rings (SSSR count). The Balaban J connectivity index is 1.45. The number of hydrogen-bond acceptors (Lipinski definition) is 4. The van der Waals surface area contributed by atoms with E-state index in [9.17, 15) is 14.4 Å². The second kappa shape index (κ2) is 8.05. The van der Waals surface area contributed by atoms with Gasteiger partial charge in [-0.15, -0.1) is 0 Å². The number of amides is 3. The van der Waals surface area contributed by atoms with Crippen LogP contribution in [0.4, 0.5) is 0 Å². The summed E-state index contributed by atoms with van der Waals surface area (Å²) < 4.78 is 5.22. The van der Waals surface area contributed by atoms with Gasteiger partial charge in [-0.3, -0.25) is 25.2 Å². The first-order valence-corrected chi connectivity index (χ1v) is 8.52. The molecule has 7 nitrogen and oxygen atoms in total. The molecule has 1 aliphatic rings. The second-order valence-corrected chi connectivity index (χ2v) is 6.53. The molecule has 3 amide bonds. The number of halogens is 1. The van der Waals surface area contributed by atoms with E-state index in [1.54, 1.807) is 41.3 Å². The van der Waals surface area contributed by atoms with Crippen LogP contribution in [-0.2, 0) is 27.3 Å². The molecule has 0 aliphatic carbocycles. The minimum absolute atomic E-state index is 0.111. The number of hydrazine groups is 1. The van der Waals surface area contributed by atoms with Crippen molar-refractivity contribution in [3.8, 4) is 0 Å². The lowest BCUT2D eigenvalue weighted by atomic mass is 10.1. The molecule has 8 heteroatoms. The summed E-state index contributed by atoms with van der Waals surface area (Å²) in [4.78, 5) is 37.7. The van der Waals surface area contributed by atoms with Gasteiger partial charge in [0.1, 0.15) is 5.76 Å². The van der Waals surface area contributed by atoms with E-state index in [4.69, 9.17) is 16.0 Å². The molecule has 1 fully saturated rings. The van der Waals surface area contributed by atoms with E-state index in [0.717, 1.165) is 5.56 Å². The zero-order valence-corrected chi connectivity index (χ0v) is 14.7. The van der Waals surface area contributed by atoms with Gasteiger partial charge in [0.15, 0.2) is 0 Å². The topological polar surface area (TPSA) is 91.7 Å². The van der Waals surface area contributed by atoms with Crippen molar-refractivity contribution < 1.29 is 18.8 Å². The van der Waals surface area contributed by atoms with E-state index >= 15 is 0 Å². The smallest absolute Gasteiger partial charge is 0.243 e. The number of carbonyl (C=O) groups is 3. The van der Waals surface area contributed by atoms with Gasteiger partial charge < -0.3 is 9.32 Å². The largest absolute Gasteiger partial charge is 0.467 e. The SMILES string of the molecule is O=C(Cc1ccc(Cl)cc1)NNC(=O)C1CC(=O)N(Cc2ccco2)C1. The Morgan fingerprint density at radius 2 is 1.96 bits per heavy atom. The average molecular weight is 376 g/mol. The first-order chi connectivity index (χ1) is 12.5. The van der Waals surface area contributed by atoms with Crippen LogP contribution in [0.15, 0.2) is 47.1 Å². The molecule has 1 atom stereocenters. The van der Waals surface area contributed by atoms with Crippen molar-refractivity contribution in [1.29, 1.82) is 0 Å². The predicted octanol–water partition coefficient (Wildman–Crippen LogP) is 1.67. The Morgan fingerprint density at radius 1 is 1.19 bits per heavy atom. The van der Waals surface area contributed by atoms with Crippen molar-refractivity contribution in [3.63, 3.8) is 0 Å². The minimum Gasteiger partial charge on any atom is -0.467 e. The molecule has 136 valence electrons. The average Bonchev–Trinajstić information content (AvgIpc) is 3.25. The Hall–Kier alpha value is -2.80. The summed E-state index contributed by atoms with van der Waals surface area (Å²) in [6, 6.07) is 10.4. The van der Waals surface area contributed by atoms with Gasteiger partial charge in [-0.2, -0.15) is 0 Å². The summed E-state index contributed by atoms with van der Waals surface area (Å²) in [5.41, 5.74) is 5.55. The molecule has 2 N–H and O–H groups in total. The highest BCUT2D eigenvalue weighted by Crippen LogP contribution is 2.20. The van der Waals surface area contributed by atoms with Gasteiger partial charge in [-0.05, 0) is 29.8 Å². The maximum absolute atomic E-state index is 12.2. The van der Waals surface area contributed by atoms with Crippen LogP contribution in [0.25, 0.3) is 0 Å². The minimum atomic E-state index is -0.506. The van der Waals surface area contributed by atoms with E-state index in [2.05, 4.69) is 10.9 Å². The van der Waals surface area contributed by atoms with Gasteiger partial charge in [0.25, 0.3) is 0 Å². The molecule has 26 heavy (non-hydrogen) atoms. The van der Waals surface area contributed by atoms with Crippen molar-refractivity contribution in [2.75, 3.05) is 6.54 Å². The number of carbonyl (C=O) groups excluding carboxylic acids is 3. The molecule has 0 saturated carbocycles. The number of furan rings is 1. The fourth-order valence-corrected chi connectivity index (χ4v) is 2.88. The van der Waals surface area contributed by atoms with Gasteiger partial charge in [-0.25, -0.2) is 0 Å². The normalized spacial score (nSPS) is 16.6. The van der Waals surface area contributed by atoms with Crippen molar-refractivity contribution in [3.05, 3.63) is 59.0 Å². The summed E-state index contributed by atoms with van der Waals surface area (Å²) in [6.07, 6.45) is 1.77. The van der Waals surface area contributed by atoms with Crippen LogP contribution in [0.5, 0.6) is 0 Å². The standard InChI is InChI=1S/C18H18ClN3O4/c19-14-5-3-12(4-6-14)8-16(23)20-21-18(25)13-9-17(24)22(10-13)11-15-2-1-7-26-15/h1-7,13H,8-11H2,(H,20,23)(H,21,25). The third-order valence-electron chi connectivity index (χ3n) is 4.12. The molecule has 1 aromatic carbocycles. The van der Waals surface area contributed by atoms with E-state index < -0.39 is 5.92 Å². The van der Waals surface area contributed by atoms with E-state index in [1.807, 2.05) is 0 Å². The number of likely N-dealkylation sites (tertiary alicyclic amines) is 1. The van der Waals surface area contributed by atoms with Crippen LogP contribution >= 0.6 is 11.6 Å². The maximum Gasteiger partial charge on any atom is 0.243 e. The molecular weight excluding hydrogens is 358 g/mol. The van der Waals surface area contributed by atoms with Crippen LogP contribution in [0.1, 0.15) is 17.7 Å². The lowest BCUT2D eigenvalue weighted by Gasteiger charge is -2.15. The van der Waals surface area contributed by atoms with Gasteiger partial charge in [0, 0.05) is 18.0 Å². The summed E-state index contributed by atoms with van der Waals surface area (Å²) in [7, 11) is 0. The van der Waals surface area contributed by atoms with Crippen LogP contribution in [0.2, 0.25) is 5.02 Å². The van der Waals surface area contributed by atoms with Gasteiger partial charge >= 0.3 is 0 Å². The van der Waals surface area contributed by atoms with Gasteiger partial charge in [0.2, 0.25) is 17.7 Å². The van der Waals surface area contributed by atoms with Crippen LogP contribution in [0.3, 0.4) is 0 Å². The molecular formula is C18H18ClN3O4. The third-order valence-corrected chi connectivity index (χ3v) is 4.37. The summed E-state index contributed by atoms with van der Waals surface area (Å²) in [5, 5.41) is 0.590. The molecule has 0 radical (unpaired) electrons. The highest BCUT2D eigenvalue weighted by Gasteiger charge is 2.34. The number of nitrogens with zero attached hydrogens (tertiary/aromatic N) is 1. The zero-order valence-electron chi connectivity index (χ0n) is 13.9. The molecule has 1 unspecified atom stereocenters. The molecule has 1 aliphatic heterocycles. The van der Waals surface area contributed by atoms with Crippen molar-refractivity contribution in [1.82, 2.24) is 15.8 Å². The highest BCUT2D eigenvalue weighted by molar-refractivity contribution is 6.30. The fraction of sp³-hybridized carbons (Fsp3) is 0.278. The first kappa shape index (κ1) is 18.0. The lowest BCUT2D eigenvalue weighted by molar-refractivity contribution is -0.131. The summed E-state index contributed by atoms with van der Waals surface area (Å²) in [5.74, 6) is -0.694. The fourth-order valence-electron chi connectivity index (χ4n) is 2.76. The Morgan fingerprint density at radius 3 is 2.65 bits per heavy atom. The highest BCUT2D eigenvalue weighted by atomic mass is 35.5. The molecule has 0 spiro atoms. The van der Waals surface area contributed by atoms with Gasteiger partial charge in [0.05, 0.1) is 25.1 Å². The number of rotatable bonds is 5. The number of hydrogen-bond donors (Lipinski definition) is 2. The number of benzene rings is 1. The predicted molar refractivity (Wildman–Crippen MR) is 93.7 cm³/mol. The monoisotopic (exact) mass is 375 g/mol.